The number of nitrogens with zero attached hydrogens (tertiary/aromatic N) is 1. The number of rotatable bonds is 5. The molecule has 1 aliphatic heterocycles. The number of likely N-dealkylation sites (tertiary alicyclic amines) is 1. The number of halogens is 3. The van der Waals surface area contributed by atoms with Crippen LogP contribution in [0.5, 0.6) is 0 Å². The summed E-state index contributed by atoms with van der Waals surface area (Å²) in [6.07, 6.45) is 1.23. The molecule has 0 radical (unpaired) electrons. The fraction of sp³-hybridized carbons (Fsp3) is 0.421. The van der Waals surface area contributed by atoms with Crippen molar-refractivity contribution in [1.29, 1.82) is 0 Å². The van der Waals surface area contributed by atoms with E-state index in [9.17, 15) is 27.6 Å². The Kier molecular flexibility index (Phi) is 7.04. The lowest BCUT2D eigenvalue weighted by Crippen LogP contribution is -2.41. The number of carbonyl (C=O) groups is 3. The molecular weight excluding hydrogens is 377 g/mol. The van der Waals surface area contributed by atoms with Gasteiger partial charge in [0.1, 0.15) is 0 Å². The SMILES string of the molecule is C#CCNC(=O)COC(=O)C1CCN(C(=O)c2ccc(C(F)(F)F)cc2)CC1. The standard InChI is InChI=1S/C19H19F3N2O4/c1-2-9-23-16(25)12-28-18(27)14-7-10-24(11-8-14)17(26)13-3-5-15(6-4-13)19(20,21)22/h1,3-6,14H,7-12H2,(H,23,25). The topological polar surface area (TPSA) is 75.7 Å². The largest absolute Gasteiger partial charge is 0.455 e. The number of terminal acetylenes is 1. The monoisotopic (exact) mass is 396 g/mol. The number of esters is 1. The van der Waals surface area contributed by atoms with Crippen LogP contribution in [0.25, 0.3) is 0 Å². The van der Waals surface area contributed by atoms with Gasteiger partial charge in [0.15, 0.2) is 6.61 Å². The summed E-state index contributed by atoms with van der Waals surface area (Å²) in [5.74, 6) is 0.353. The van der Waals surface area contributed by atoms with Gasteiger partial charge in [0.05, 0.1) is 18.0 Å². The average Bonchev–Trinajstić information content (AvgIpc) is 2.69. The molecule has 1 fully saturated rings. The van der Waals surface area contributed by atoms with Gasteiger partial charge in [-0.1, -0.05) is 5.92 Å². The number of benzene rings is 1. The molecule has 2 rings (SSSR count). The van der Waals surface area contributed by atoms with Gasteiger partial charge in [0, 0.05) is 18.7 Å². The maximum Gasteiger partial charge on any atom is 0.416 e. The average molecular weight is 396 g/mol. The molecule has 0 aromatic heterocycles. The fourth-order valence-electron chi connectivity index (χ4n) is 2.76. The Morgan fingerprint density at radius 1 is 1.18 bits per heavy atom. The summed E-state index contributed by atoms with van der Waals surface area (Å²) in [5.41, 5.74) is -0.670. The Hall–Kier alpha value is -3.02. The van der Waals surface area contributed by atoms with E-state index in [0.717, 1.165) is 24.3 Å². The first-order valence-corrected chi connectivity index (χ1v) is 8.55. The highest BCUT2D eigenvalue weighted by atomic mass is 19.4. The van der Waals surface area contributed by atoms with Gasteiger partial charge in [-0.25, -0.2) is 0 Å². The molecular formula is C19H19F3N2O4. The minimum atomic E-state index is -4.46. The van der Waals surface area contributed by atoms with Crippen LogP contribution in [0.2, 0.25) is 0 Å². The predicted octanol–water partition coefficient (Wildman–Crippen LogP) is 1.85. The quantitative estimate of drug-likeness (QED) is 0.609. The first kappa shape index (κ1) is 21.3. The third-order valence-electron chi connectivity index (χ3n) is 4.31. The minimum absolute atomic E-state index is 0.0425. The van der Waals surface area contributed by atoms with Crippen molar-refractivity contribution in [3.63, 3.8) is 0 Å². The molecule has 150 valence electrons. The molecule has 1 saturated heterocycles. The Morgan fingerprint density at radius 3 is 2.32 bits per heavy atom. The summed E-state index contributed by atoms with van der Waals surface area (Å²) in [6.45, 7) is 0.151. The molecule has 0 unspecified atom stereocenters. The molecule has 0 atom stereocenters. The van der Waals surface area contributed by atoms with Crippen LogP contribution >= 0.6 is 0 Å². The van der Waals surface area contributed by atoms with Gasteiger partial charge in [0.2, 0.25) is 0 Å². The molecule has 1 N–H and O–H groups in total. The van der Waals surface area contributed by atoms with Crippen molar-refractivity contribution in [2.24, 2.45) is 5.92 Å². The van der Waals surface area contributed by atoms with Gasteiger partial charge < -0.3 is 15.0 Å². The molecule has 2 amide bonds. The second-order valence-electron chi connectivity index (χ2n) is 6.23. The minimum Gasteiger partial charge on any atom is -0.455 e. The molecule has 0 bridgehead atoms. The molecule has 1 heterocycles. The van der Waals surface area contributed by atoms with E-state index in [1.807, 2.05) is 0 Å². The second kappa shape index (κ2) is 9.26. The Bertz CT molecular complexity index is 761. The number of ether oxygens (including phenoxy) is 1. The maximum absolute atomic E-state index is 12.6. The first-order chi connectivity index (χ1) is 13.2. The molecule has 9 heteroatoms. The summed E-state index contributed by atoms with van der Waals surface area (Å²) >= 11 is 0. The lowest BCUT2D eigenvalue weighted by molar-refractivity contribution is -0.153. The van der Waals surface area contributed by atoms with Crippen LogP contribution in [0.4, 0.5) is 13.2 Å². The molecule has 1 aromatic carbocycles. The molecule has 28 heavy (non-hydrogen) atoms. The highest BCUT2D eigenvalue weighted by molar-refractivity contribution is 5.94. The zero-order valence-corrected chi connectivity index (χ0v) is 14.9. The normalized spacial score (nSPS) is 14.9. The fourth-order valence-corrected chi connectivity index (χ4v) is 2.76. The smallest absolute Gasteiger partial charge is 0.416 e. The van der Waals surface area contributed by atoms with Crippen LogP contribution in [0, 0.1) is 18.3 Å². The van der Waals surface area contributed by atoms with Crippen LogP contribution in [0.3, 0.4) is 0 Å². The Morgan fingerprint density at radius 2 is 1.79 bits per heavy atom. The third-order valence-corrected chi connectivity index (χ3v) is 4.31. The zero-order chi connectivity index (χ0) is 20.7. The van der Waals surface area contributed by atoms with Crippen molar-refractivity contribution in [3.8, 4) is 12.3 Å². The van der Waals surface area contributed by atoms with Crippen LogP contribution < -0.4 is 5.32 Å². The summed E-state index contributed by atoms with van der Waals surface area (Å²) in [7, 11) is 0. The Balaban J connectivity index is 1.82. The van der Waals surface area contributed by atoms with Gasteiger partial charge in [-0.3, -0.25) is 14.4 Å². The highest BCUT2D eigenvalue weighted by Crippen LogP contribution is 2.29. The number of hydrogen-bond acceptors (Lipinski definition) is 4. The van der Waals surface area contributed by atoms with Gasteiger partial charge in [-0.05, 0) is 37.1 Å². The van der Waals surface area contributed by atoms with Gasteiger partial charge >= 0.3 is 12.1 Å². The van der Waals surface area contributed by atoms with E-state index >= 15 is 0 Å². The summed E-state index contributed by atoms with van der Waals surface area (Å²) in [4.78, 5) is 37.3. The maximum atomic E-state index is 12.6. The lowest BCUT2D eigenvalue weighted by Gasteiger charge is -2.31. The van der Waals surface area contributed by atoms with Gasteiger partial charge in [-0.2, -0.15) is 13.2 Å². The number of nitrogens with one attached hydrogen (secondary N) is 1. The molecule has 6 nitrogen and oxygen atoms in total. The van der Waals surface area contributed by atoms with E-state index in [2.05, 4.69) is 11.2 Å². The first-order valence-electron chi connectivity index (χ1n) is 8.55. The van der Waals surface area contributed by atoms with Crippen molar-refractivity contribution in [1.82, 2.24) is 10.2 Å². The molecule has 0 aliphatic carbocycles. The third kappa shape index (κ3) is 5.74. The summed E-state index contributed by atoms with van der Waals surface area (Å²) < 4.78 is 42.7. The summed E-state index contributed by atoms with van der Waals surface area (Å²) in [6, 6.07) is 4.01. The molecule has 0 spiro atoms. The van der Waals surface area contributed by atoms with E-state index in [-0.39, 0.29) is 25.2 Å². The number of piperidine rings is 1. The van der Waals surface area contributed by atoms with Crippen molar-refractivity contribution < 1.29 is 32.3 Å². The predicted molar refractivity (Wildman–Crippen MR) is 92.9 cm³/mol. The van der Waals surface area contributed by atoms with E-state index in [1.54, 1.807) is 0 Å². The van der Waals surface area contributed by atoms with Gasteiger partial charge in [-0.15, -0.1) is 6.42 Å². The van der Waals surface area contributed by atoms with Crippen LogP contribution in [0.1, 0.15) is 28.8 Å². The van der Waals surface area contributed by atoms with Crippen molar-refractivity contribution >= 4 is 17.8 Å². The van der Waals surface area contributed by atoms with E-state index in [1.165, 1.54) is 4.90 Å². The van der Waals surface area contributed by atoms with E-state index in [4.69, 9.17) is 11.2 Å². The van der Waals surface area contributed by atoms with Crippen LogP contribution in [0.15, 0.2) is 24.3 Å². The van der Waals surface area contributed by atoms with Gasteiger partial charge in [0.25, 0.3) is 11.8 Å². The lowest BCUT2D eigenvalue weighted by atomic mass is 9.96. The van der Waals surface area contributed by atoms with Crippen LogP contribution in [-0.4, -0.2) is 48.9 Å². The highest BCUT2D eigenvalue weighted by Gasteiger charge is 2.32. The summed E-state index contributed by atoms with van der Waals surface area (Å²) in [5, 5.41) is 2.37. The van der Waals surface area contributed by atoms with Crippen molar-refractivity contribution in [2.45, 2.75) is 19.0 Å². The molecule has 1 aromatic rings. The van der Waals surface area contributed by atoms with Crippen LogP contribution in [-0.2, 0) is 20.5 Å². The Labute approximate surface area is 160 Å². The zero-order valence-electron chi connectivity index (χ0n) is 14.9. The van der Waals surface area contributed by atoms with Crippen molar-refractivity contribution in [3.05, 3.63) is 35.4 Å². The number of amides is 2. The van der Waals surface area contributed by atoms with Crippen molar-refractivity contribution in [2.75, 3.05) is 26.2 Å². The molecule has 1 aliphatic rings. The molecule has 0 saturated carbocycles. The van der Waals surface area contributed by atoms with E-state index < -0.39 is 42.0 Å². The van der Waals surface area contributed by atoms with E-state index in [0.29, 0.717) is 12.8 Å². The number of hydrogen-bond donors (Lipinski definition) is 1. The second-order valence-corrected chi connectivity index (χ2v) is 6.23. The number of alkyl halides is 3. The number of carbonyl (C=O) groups excluding carboxylic acids is 3.